The van der Waals surface area contributed by atoms with Gasteiger partial charge in [0.05, 0.1) is 0 Å². The van der Waals surface area contributed by atoms with Crippen molar-refractivity contribution in [1.29, 1.82) is 0 Å². The number of nitrogens with one attached hydrogen (secondary N) is 2. The van der Waals surface area contributed by atoms with Crippen molar-refractivity contribution in [3.8, 4) is 0 Å². The zero-order valence-corrected chi connectivity index (χ0v) is 11.3. The minimum Gasteiger partial charge on any atom is -0.347 e. The van der Waals surface area contributed by atoms with Crippen molar-refractivity contribution in [1.82, 2.24) is 15.3 Å². The zero-order chi connectivity index (χ0) is 14.4. The van der Waals surface area contributed by atoms with E-state index in [1.54, 1.807) is 18.3 Å². The lowest BCUT2D eigenvalue weighted by atomic mass is 10.2. The molecule has 2 aromatic rings. The number of hydrogen-bond acceptors (Lipinski definition) is 4. The normalized spacial score (nSPS) is 9.85. The maximum atomic E-state index is 11.8. The van der Waals surface area contributed by atoms with Crippen LogP contribution in [0.5, 0.6) is 0 Å². The molecule has 20 heavy (non-hydrogen) atoms. The van der Waals surface area contributed by atoms with Crippen LogP contribution in [0.2, 0.25) is 0 Å². The van der Waals surface area contributed by atoms with E-state index in [1.165, 1.54) is 0 Å². The number of rotatable bonds is 5. The van der Waals surface area contributed by atoms with Crippen LogP contribution in [0.4, 0.5) is 11.6 Å². The van der Waals surface area contributed by atoms with Gasteiger partial charge in [-0.2, -0.15) is 0 Å². The molecule has 1 heterocycles. The maximum Gasteiger partial charge on any atom is 0.270 e. The van der Waals surface area contributed by atoms with E-state index in [0.717, 1.165) is 11.3 Å². The van der Waals surface area contributed by atoms with Crippen LogP contribution in [0.1, 0.15) is 16.1 Å². The largest absolute Gasteiger partial charge is 0.347 e. The molecule has 5 heteroatoms. The van der Waals surface area contributed by atoms with Gasteiger partial charge < -0.3 is 10.6 Å². The molecule has 0 aliphatic carbocycles. The van der Waals surface area contributed by atoms with Gasteiger partial charge in [-0.3, -0.25) is 4.79 Å². The first-order valence-electron chi connectivity index (χ1n) is 6.25. The predicted octanol–water partition coefficient (Wildman–Crippen LogP) is 2.44. The van der Waals surface area contributed by atoms with E-state index in [-0.39, 0.29) is 5.91 Å². The van der Waals surface area contributed by atoms with Gasteiger partial charge in [0.15, 0.2) is 0 Å². The number of amides is 1. The Morgan fingerprint density at radius 2 is 2.25 bits per heavy atom. The van der Waals surface area contributed by atoms with Crippen molar-refractivity contribution in [2.24, 2.45) is 0 Å². The van der Waals surface area contributed by atoms with Crippen LogP contribution in [0.3, 0.4) is 0 Å². The summed E-state index contributed by atoms with van der Waals surface area (Å²) >= 11 is 0. The number of anilines is 2. The third-order valence-corrected chi connectivity index (χ3v) is 2.57. The summed E-state index contributed by atoms with van der Waals surface area (Å²) in [6.07, 6.45) is 3.17. The topological polar surface area (TPSA) is 66.9 Å². The smallest absolute Gasteiger partial charge is 0.270 e. The van der Waals surface area contributed by atoms with E-state index < -0.39 is 0 Å². The number of aryl methyl sites for hydroxylation is 1. The molecule has 2 N–H and O–H groups in total. The van der Waals surface area contributed by atoms with Crippen molar-refractivity contribution in [2.75, 3.05) is 11.9 Å². The maximum absolute atomic E-state index is 11.8. The Morgan fingerprint density at radius 1 is 1.40 bits per heavy atom. The molecule has 1 amide bonds. The van der Waals surface area contributed by atoms with Crippen LogP contribution < -0.4 is 10.6 Å². The van der Waals surface area contributed by atoms with Crippen LogP contribution in [-0.2, 0) is 0 Å². The fourth-order valence-corrected chi connectivity index (χ4v) is 1.65. The van der Waals surface area contributed by atoms with Gasteiger partial charge in [0.25, 0.3) is 5.91 Å². The average Bonchev–Trinajstić information content (AvgIpc) is 2.45. The fraction of sp³-hybridized carbons (Fsp3) is 0.133. The van der Waals surface area contributed by atoms with Gasteiger partial charge in [0.1, 0.15) is 5.69 Å². The highest BCUT2D eigenvalue weighted by Gasteiger charge is 2.07. The lowest BCUT2D eigenvalue weighted by Crippen LogP contribution is -2.24. The molecule has 0 unspecified atom stereocenters. The number of carbonyl (C=O) groups excluding carboxylic acids is 1. The van der Waals surface area contributed by atoms with Crippen molar-refractivity contribution < 1.29 is 4.79 Å². The SMILES string of the molecule is C=CCNC(=O)c1ccnc(Nc2cccc(C)c2)n1. The number of carbonyl (C=O) groups is 1. The molecule has 0 bridgehead atoms. The average molecular weight is 268 g/mol. The Hall–Kier alpha value is -2.69. The van der Waals surface area contributed by atoms with E-state index in [9.17, 15) is 4.79 Å². The quantitative estimate of drug-likeness (QED) is 0.817. The lowest BCUT2D eigenvalue weighted by molar-refractivity contribution is 0.0953. The molecule has 0 saturated carbocycles. The van der Waals surface area contributed by atoms with Crippen LogP contribution >= 0.6 is 0 Å². The Kier molecular flexibility index (Phi) is 4.44. The molecule has 0 aliphatic rings. The minimum atomic E-state index is -0.250. The van der Waals surface area contributed by atoms with E-state index in [4.69, 9.17) is 0 Å². The van der Waals surface area contributed by atoms with E-state index in [1.807, 2.05) is 31.2 Å². The molecular weight excluding hydrogens is 252 g/mol. The first-order valence-corrected chi connectivity index (χ1v) is 6.25. The molecule has 2 rings (SSSR count). The van der Waals surface area contributed by atoms with Crippen molar-refractivity contribution in [3.63, 3.8) is 0 Å². The van der Waals surface area contributed by atoms with Crippen molar-refractivity contribution in [3.05, 3.63) is 60.4 Å². The highest BCUT2D eigenvalue weighted by molar-refractivity contribution is 5.92. The molecule has 0 radical (unpaired) electrons. The monoisotopic (exact) mass is 268 g/mol. The highest BCUT2D eigenvalue weighted by Crippen LogP contribution is 2.14. The zero-order valence-electron chi connectivity index (χ0n) is 11.3. The van der Waals surface area contributed by atoms with Gasteiger partial charge in [0, 0.05) is 18.4 Å². The first-order chi connectivity index (χ1) is 9.69. The van der Waals surface area contributed by atoms with Gasteiger partial charge >= 0.3 is 0 Å². The van der Waals surface area contributed by atoms with Crippen LogP contribution in [0, 0.1) is 6.92 Å². The van der Waals surface area contributed by atoms with E-state index >= 15 is 0 Å². The third kappa shape index (κ3) is 3.65. The van der Waals surface area contributed by atoms with Crippen LogP contribution in [0.15, 0.2) is 49.2 Å². The number of hydrogen-bond donors (Lipinski definition) is 2. The molecule has 0 saturated heterocycles. The van der Waals surface area contributed by atoms with E-state index in [0.29, 0.717) is 18.2 Å². The fourth-order valence-electron chi connectivity index (χ4n) is 1.65. The van der Waals surface area contributed by atoms with Crippen molar-refractivity contribution >= 4 is 17.5 Å². The summed E-state index contributed by atoms with van der Waals surface area (Å²) in [6.45, 7) is 5.96. The molecule has 102 valence electrons. The Morgan fingerprint density at radius 3 is 3.00 bits per heavy atom. The van der Waals surface area contributed by atoms with E-state index in [2.05, 4.69) is 27.2 Å². The minimum absolute atomic E-state index is 0.250. The number of benzene rings is 1. The molecule has 1 aromatic heterocycles. The second kappa shape index (κ2) is 6.47. The van der Waals surface area contributed by atoms with Crippen LogP contribution in [-0.4, -0.2) is 22.4 Å². The standard InChI is InChI=1S/C15H16N4O/c1-3-8-16-14(20)13-7-9-17-15(19-13)18-12-6-4-5-11(2)10-12/h3-7,9-10H,1,8H2,2H3,(H,16,20)(H,17,18,19). The second-order valence-corrected chi connectivity index (χ2v) is 4.26. The summed E-state index contributed by atoms with van der Waals surface area (Å²) in [7, 11) is 0. The van der Waals surface area contributed by atoms with Gasteiger partial charge in [0.2, 0.25) is 5.95 Å². The molecule has 5 nitrogen and oxygen atoms in total. The van der Waals surface area contributed by atoms with Gasteiger partial charge in [-0.1, -0.05) is 18.2 Å². The summed E-state index contributed by atoms with van der Waals surface area (Å²) in [6, 6.07) is 9.41. The molecule has 0 atom stereocenters. The lowest BCUT2D eigenvalue weighted by Gasteiger charge is -2.07. The summed E-state index contributed by atoms with van der Waals surface area (Å²) < 4.78 is 0. The molecule has 0 spiro atoms. The second-order valence-electron chi connectivity index (χ2n) is 4.26. The Bertz CT molecular complexity index is 625. The highest BCUT2D eigenvalue weighted by atomic mass is 16.1. The number of nitrogens with zero attached hydrogens (tertiary/aromatic N) is 2. The van der Waals surface area contributed by atoms with Gasteiger partial charge in [-0.05, 0) is 30.7 Å². The summed E-state index contributed by atoms with van der Waals surface area (Å²) in [5.41, 5.74) is 2.33. The third-order valence-electron chi connectivity index (χ3n) is 2.57. The molecule has 0 fully saturated rings. The first kappa shape index (κ1) is 13.7. The summed E-state index contributed by atoms with van der Waals surface area (Å²) in [4.78, 5) is 20.1. The Balaban J connectivity index is 2.13. The molecule has 0 aliphatic heterocycles. The van der Waals surface area contributed by atoms with Crippen LogP contribution in [0.25, 0.3) is 0 Å². The van der Waals surface area contributed by atoms with Gasteiger partial charge in [-0.15, -0.1) is 6.58 Å². The summed E-state index contributed by atoms with van der Waals surface area (Å²) in [5.74, 6) is 0.140. The number of aromatic nitrogens is 2. The molecule has 1 aromatic carbocycles. The molecular formula is C15H16N4O. The predicted molar refractivity (Wildman–Crippen MR) is 79.0 cm³/mol. The van der Waals surface area contributed by atoms with Gasteiger partial charge in [-0.25, -0.2) is 9.97 Å². The Labute approximate surface area is 117 Å². The van der Waals surface area contributed by atoms with Crippen molar-refractivity contribution in [2.45, 2.75) is 6.92 Å². The summed E-state index contributed by atoms with van der Waals surface area (Å²) in [5, 5.41) is 5.75.